The molecule has 0 heterocycles. The van der Waals surface area contributed by atoms with Crippen molar-refractivity contribution in [3.63, 3.8) is 0 Å². The zero-order chi connectivity index (χ0) is 10.7. The van der Waals surface area contributed by atoms with Crippen LogP contribution in [-0.4, -0.2) is 12.9 Å². The van der Waals surface area contributed by atoms with Gasteiger partial charge in [0.25, 0.3) is 0 Å². The van der Waals surface area contributed by atoms with E-state index in [0.29, 0.717) is 21.4 Å². The summed E-state index contributed by atoms with van der Waals surface area (Å²) in [5.74, 6) is 0.534. The molecule has 0 atom stereocenters. The lowest BCUT2D eigenvalue weighted by Gasteiger charge is -2.08. The van der Waals surface area contributed by atoms with E-state index in [2.05, 4.69) is 0 Å². The van der Waals surface area contributed by atoms with Gasteiger partial charge in [0.1, 0.15) is 11.5 Å². The summed E-state index contributed by atoms with van der Waals surface area (Å²) in [6, 6.07) is 3.29. The summed E-state index contributed by atoms with van der Waals surface area (Å²) < 4.78 is 5.02. The van der Waals surface area contributed by atoms with Crippen molar-refractivity contribution in [3.05, 3.63) is 27.7 Å². The Morgan fingerprint density at radius 1 is 1.43 bits per heavy atom. The molecule has 1 aromatic rings. The molecule has 4 heteroatoms. The van der Waals surface area contributed by atoms with E-state index in [0.717, 1.165) is 0 Å². The minimum Gasteiger partial charge on any atom is -0.495 e. The normalized spacial score (nSPS) is 10.0. The highest BCUT2D eigenvalue weighted by Crippen LogP contribution is 2.32. The molecule has 2 nitrogen and oxygen atoms in total. The molecule has 0 unspecified atom stereocenters. The molecule has 0 spiro atoms. The maximum Gasteiger partial charge on any atom is 0.139 e. The Kier molecular flexibility index (Phi) is 3.78. The van der Waals surface area contributed by atoms with E-state index in [1.807, 2.05) is 0 Å². The lowest BCUT2D eigenvalue weighted by atomic mass is 10.1. The van der Waals surface area contributed by atoms with Crippen LogP contribution in [0.15, 0.2) is 12.1 Å². The van der Waals surface area contributed by atoms with Gasteiger partial charge in [-0.2, -0.15) is 0 Å². The summed E-state index contributed by atoms with van der Waals surface area (Å²) >= 11 is 11.8. The number of hydrogen-bond acceptors (Lipinski definition) is 2. The number of ether oxygens (including phenoxy) is 1. The van der Waals surface area contributed by atoms with Gasteiger partial charge in [-0.1, -0.05) is 23.2 Å². The van der Waals surface area contributed by atoms with Crippen LogP contribution in [0.5, 0.6) is 5.75 Å². The topological polar surface area (TPSA) is 26.3 Å². The van der Waals surface area contributed by atoms with Gasteiger partial charge in [0.2, 0.25) is 0 Å². The van der Waals surface area contributed by atoms with Gasteiger partial charge in [-0.05, 0) is 18.6 Å². The summed E-state index contributed by atoms with van der Waals surface area (Å²) in [5.41, 5.74) is 0.698. The number of methoxy groups -OCH3 is 1. The molecule has 0 aliphatic rings. The molecule has 0 N–H and O–H groups in total. The first-order chi connectivity index (χ1) is 6.54. The second-order valence-electron chi connectivity index (χ2n) is 2.96. The van der Waals surface area contributed by atoms with Crippen LogP contribution in [0.1, 0.15) is 12.5 Å². The molecule has 0 aliphatic heterocycles. The second-order valence-corrected chi connectivity index (χ2v) is 3.77. The number of rotatable bonds is 3. The molecule has 0 bridgehead atoms. The van der Waals surface area contributed by atoms with E-state index in [9.17, 15) is 4.79 Å². The van der Waals surface area contributed by atoms with E-state index >= 15 is 0 Å². The van der Waals surface area contributed by atoms with Gasteiger partial charge >= 0.3 is 0 Å². The van der Waals surface area contributed by atoms with Crippen LogP contribution in [0.25, 0.3) is 0 Å². The quantitative estimate of drug-likeness (QED) is 0.801. The summed E-state index contributed by atoms with van der Waals surface area (Å²) in [6.45, 7) is 1.50. The van der Waals surface area contributed by atoms with E-state index in [-0.39, 0.29) is 12.2 Å². The van der Waals surface area contributed by atoms with Crippen molar-refractivity contribution in [2.75, 3.05) is 7.11 Å². The predicted octanol–water partition coefficient (Wildman–Crippen LogP) is 3.13. The average molecular weight is 233 g/mol. The third-order valence-electron chi connectivity index (χ3n) is 1.74. The Morgan fingerprint density at radius 3 is 2.57 bits per heavy atom. The molecular formula is C10H10Cl2O2. The van der Waals surface area contributed by atoms with Crippen molar-refractivity contribution < 1.29 is 9.53 Å². The minimum absolute atomic E-state index is 0.0382. The summed E-state index contributed by atoms with van der Waals surface area (Å²) in [6.07, 6.45) is 0.274. The second kappa shape index (κ2) is 4.67. The first-order valence-corrected chi connectivity index (χ1v) is 4.81. The van der Waals surface area contributed by atoms with Crippen molar-refractivity contribution >= 4 is 29.0 Å². The molecule has 0 saturated carbocycles. The van der Waals surface area contributed by atoms with Crippen molar-refractivity contribution in [1.82, 2.24) is 0 Å². The van der Waals surface area contributed by atoms with E-state index in [1.165, 1.54) is 14.0 Å². The lowest BCUT2D eigenvalue weighted by molar-refractivity contribution is -0.116. The van der Waals surface area contributed by atoms with Crippen LogP contribution in [0, 0.1) is 0 Å². The first kappa shape index (κ1) is 11.3. The fraction of sp³-hybridized carbons (Fsp3) is 0.300. The van der Waals surface area contributed by atoms with Gasteiger partial charge in [-0.15, -0.1) is 0 Å². The van der Waals surface area contributed by atoms with Crippen molar-refractivity contribution in [2.24, 2.45) is 0 Å². The fourth-order valence-electron chi connectivity index (χ4n) is 1.16. The number of benzene rings is 1. The molecule has 0 fully saturated rings. The molecule has 76 valence electrons. The van der Waals surface area contributed by atoms with Crippen LogP contribution in [0.2, 0.25) is 10.0 Å². The third kappa shape index (κ3) is 2.63. The van der Waals surface area contributed by atoms with Crippen molar-refractivity contribution in [3.8, 4) is 5.75 Å². The highest BCUT2D eigenvalue weighted by atomic mass is 35.5. The Morgan fingerprint density at radius 2 is 2.07 bits per heavy atom. The van der Waals surface area contributed by atoms with Gasteiger partial charge in [0.15, 0.2) is 0 Å². The molecule has 1 rings (SSSR count). The highest BCUT2D eigenvalue weighted by Gasteiger charge is 2.10. The number of carbonyl (C=O) groups excluding carboxylic acids is 1. The Bertz CT molecular complexity index is 361. The SMILES string of the molecule is COc1cc(Cl)cc(CC(C)=O)c1Cl. The van der Waals surface area contributed by atoms with E-state index in [1.54, 1.807) is 12.1 Å². The fourth-order valence-corrected chi connectivity index (χ4v) is 1.65. The maximum absolute atomic E-state index is 10.9. The largest absolute Gasteiger partial charge is 0.495 e. The van der Waals surface area contributed by atoms with Crippen LogP contribution >= 0.6 is 23.2 Å². The zero-order valence-electron chi connectivity index (χ0n) is 7.93. The molecule has 0 amide bonds. The molecule has 0 saturated heterocycles. The Balaban J connectivity index is 3.15. The standard InChI is InChI=1S/C10H10Cl2O2/c1-6(13)3-7-4-8(11)5-9(14-2)10(7)12/h4-5H,3H2,1-2H3. The Hall–Kier alpha value is -0.730. The number of halogens is 2. The highest BCUT2D eigenvalue weighted by molar-refractivity contribution is 6.35. The van der Waals surface area contributed by atoms with Gasteiger partial charge in [-0.3, -0.25) is 4.79 Å². The molecule has 0 radical (unpaired) electrons. The van der Waals surface area contributed by atoms with Crippen molar-refractivity contribution in [1.29, 1.82) is 0 Å². The van der Waals surface area contributed by atoms with Gasteiger partial charge in [-0.25, -0.2) is 0 Å². The summed E-state index contributed by atoms with van der Waals surface area (Å²) in [5, 5.41) is 0.967. The van der Waals surface area contributed by atoms with Crippen LogP contribution in [0.3, 0.4) is 0 Å². The lowest BCUT2D eigenvalue weighted by Crippen LogP contribution is -1.98. The Labute approximate surface area is 92.8 Å². The molecular weight excluding hydrogens is 223 g/mol. The number of Topliss-reactive ketones (excluding diaryl/α,β-unsaturated/α-hetero) is 1. The van der Waals surface area contributed by atoms with Crippen molar-refractivity contribution in [2.45, 2.75) is 13.3 Å². The molecule has 1 aromatic carbocycles. The molecule has 14 heavy (non-hydrogen) atoms. The molecule has 0 aliphatic carbocycles. The van der Waals surface area contributed by atoms with Gasteiger partial charge in [0.05, 0.1) is 12.1 Å². The van der Waals surface area contributed by atoms with Crippen LogP contribution < -0.4 is 4.74 Å². The summed E-state index contributed by atoms with van der Waals surface area (Å²) in [7, 11) is 1.51. The number of hydrogen-bond donors (Lipinski definition) is 0. The monoisotopic (exact) mass is 232 g/mol. The first-order valence-electron chi connectivity index (χ1n) is 4.06. The maximum atomic E-state index is 10.9. The van der Waals surface area contributed by atoms with Gasteiger partial charge < -0.3 is 4.74 Å². The smallest absolute Gasteiger partial charge is 0.139 e. The number of carbonyl (C=O) groups is 1. The van der Waals surface area contributed by atoms with Gasteiger partial charge in [0, 0.05) is 17.5 Å². The predicted molar refractivity (Wildman–Crippen MR) is 57.4 cm³/mol. The van der Waals surface area contributed by atoms with Crippen LogP contribution in [-0.2, 0) is 11.2 Å². The summed E-state index contributed by atoms with van der Waals surface area (Å²) in [4.78, 5) is 10.9. The minimum atomic E-state index is 0.0382. The average Bonchev–Trinajstić information content (AvgIpc) is 2.09. The third-order valence-corrected chi connectivity index (χ3v) is 2.39. The number of ketones is 1. The van der Waals surface area contributed by atoms with E-state index in [4.69, 9.17) is 27.9 Å². The zero-order valence-corrected chi connectivity index (χ0v) is 9.45. The van der Waals surface area contributed by atoms with Crippen LogP contribution in [0.4, 0.5) is 0 Å². The van der Waals surface area contributed by atoms with E-state index < -0.39 is 0 Å². The molecule has 0 aromatic heterocycles.